The molecule has 1 aliphatic heterocycles. The van der Waals surface area contributed by atoms with Crippen molar-refractivity contribution in [3.63, 3.8) is 0 Å². The van der Waals surface area contributed by atoms with Crippen molar-refractivity contribution in [1.29, 1.82) is 0 Å². The Morgan fingerprint density at radius 2 is 1.96 bits per heavy atom. The van der Waals surface area contributed by atoms with Crippen LogP contribution in [0.25, 0.3) is 0 Å². The van der Waals surface area contributed by atoms with E-state index in [1.54, 1.807) is 6.33 Å². The molecule has 24 heavy (non-hydrogen) atoms. The van der Waals surface area contributed by atoms with Gasteiger partial charge in [0.25, 0.3) is 0 Å². The molecule has 0 radical (unpaired) electrons. The lowest BCUT2D eigenvalue weighted by atomic mass is 10.1. The van der Waals surface area contributed by atoms with Crippen LogP contribution >= 0.6 is 0 Å². The van der Waals surface area contributed by atoms with Gasteiger partial charge < -0.3 is 14.2 Å². The molecule has 0 aliphatic carbocycles. The summed E-state index contributed by atoms with van der Waals surface area (Å²) in [4.78, 5) is 11.8. The van der Waals surface area contributed by atoms with E-state index in [-0.39, 0.29) is 6.10 Å². The van der Waals surface area contributed by atoms with Crippen molar-refractivity contribution in [2.24, 2.45) is 7.05 Å². The highest BCUT2D eigenvalue weighted by atomic mass is 16.5. The van der Waals surface area contributed by atoms with Crippen LogP contribution in [0.1, 0.15) is 63.0 Å². The lowest BCUT2D eigenvalue weighted by molar-refractivity contribution is 0.0318. The van der Waals surface area contributed by atoms with E-state index < -0.39 is 0 Å². The number of aromatic nitrogens is 5. The molecule has 1 unspecified atom stereocenters. The predicted molar refractivity (Wildman–Crippen MR) is 92.1 cm³/mol. The third kappa shape index (κ3) is 3.40. The second-order valence-corrected chi connectivity index (χ2v) is 6.92. The maximum atomic E-state index is 5.90. The Balaban J connectivity index is 1.89. The normalized spacial score (nSPS) is 18.6. The van der Waals surface area contributed by atoms with E-state index in [1.807, 2.05) is 11.6 Å². The molecule has 7 heteroatoms. The maximum absolute atomic E-state index is 5.90. The van der Waals surface area contributed by atoms with Crippen molar-refractivity contribution in [3.8, 4) is 0 Å². The van der Waals surface area contributed by atoms with E-state index >= 15 is 0 Å². The average molecular weight is 330 g/mol. The monoisotopic (exact) mass is 330 g/mol. The van der Waals surface area contributed by atoms with Crippen LogP contribution in [0.3, 0.4) is 0 Å². The van der Waals surface area contributed by atoms with Gasteiger partial charge in [0.1, 0.15) is 24.1 Å². The quantitative estimate of drug-likeness (QED) is 0.857. The molecule has 0 aromatic carbocycles. The molecule has 3 rings (SSSR count). The van der Waals surface area contributed by atoms with Gasteiger partial charge in [0.05, 0.1) is 13.2 Å². The number of aryl methyl sites for hydroxylation is 1. The zero-order valence-electron chi connectivity index (χ0n) is 15.1. The van der Waals surface area contributed by atoms with Crippen LogP contribution < -0.4 is 4.90 Å². The molecule has 0 N–H and O–H groups in total. The Bertz CT molecular complexity index is 670. The highest BCUT2D eigenvalue weighted by Crippen LogP contribution is 2.26. The Kier molecular flexibility index (Phi) is 4.80. The molecule has 1 saturated heterocycles. The van der Waals surface area contributed by atoms with Crippen LogP contribution in [-0.2, 0) is 11.8 Å². The zero-order chi connectivity index (χ0) is 17.3. The second kappa shape index (κ2) is 6.84. The molecule has 3 heterocycles. The number of anilines is 1. The minimum atomic E-state index is -0.0915. The van der Waals surface area contributed by atoms with Crippen molar-refractivity contribution in [1.82, 2.24) is 24.7 Å². The lowest BCUT2D eigenvalue weighted by Crippen LogP contribution is -2.40. The van der Waals surface area contributed by atoms with Gasteiger partial charge in [0.15, 0.2) is 5.82 Å². The summed E-state index contributed by atoms with van der Waals surface area (Å²) >= 11 is 0. The summed E-state index contributed by atoms with van der Waals surface area (Å²) in [5.74, 6) is 3.41. The van der Waals surface area contributed by atoms with Gasteiger partial charge in [-0.25, -0.2) is 9.97 Å². The van der Waals surface area contributed by atoms with Gasteiger partial charge in [-0.05, 0) is 5.92 Å². The van der Waals surface area contributed by atoms with Gasteiger partial charge >= 0.3 is 0 Å². The minimum Gasteiger partial charge on any atom is -0.366 e. The highest BCUT2D eigenvalue weighted by molar-refractivity contribution is 5.42. The Morgan fingerprint density at radius 3 is 2.58 bits per heavy atom. The van der Waals surface area contributed by atoms with E-state index in [9.17, 15) is 0 Å². The fourth-order valence-corrected chi connectivity index (χ4v) is 2.78. The molecule has 2 aromatic rings. The van der Waals surface area contributed by atoms with Gasteiger partial charge in [-0.1, -0.05) is 27.7 Å². The van der Waals surface area contributed by atoms with Crippen molar-refractivity contribution in [3.05, 3.63) is 29.7 Å². The van der Waals surface area contributed by atoms with Crippen LogP contribution in [0, 0.1) is 0 Å². The average Bonchev–Trinajstić information content (AvgIpc) is 3.00. The molecule has 0 saturated carbocycles. The van der Waals surface area contributed by atoms with E-state index in [4.69, 9.17) is 14.7 Å². The number of rotatable bonds is 4. The van der Waals surface area contributed by atoms with E-state index in [0.717, 1.165) is 36.3 Å². The molecule has 7 nitrogen and oxygen atoms in total. The minimum absolute atomic E-state index is 0.0915. The van der Waals surface area contributed by atoms with E-state index in [0.29, 0.717) is 18.4 Å². The topological polar surface area (TPSA) is 69.0 Å². The molecule has 2 aromatic heterocycles. The van der Waals surface area contributed by atoms with Gasteiger partial charge in [-0.15, -0.1) is 10.2 Å². The first-order chi connectivity index (χ1) is 11.5. The van der Waals surface area contributed by atoms with E-state index in [1.165, 1.54) is 0 Å². The molecular weight excluding hydrogens is 304 g/mol. The summed E-state index contributed by atoms with van der Waals surface area (Å²) in [6.45, 7) is 10.8. The second-order valence-electron chi connectivity index (χ2n) is 6.92. The number of ether oxygens (including phenoxy) is 1. The van der Waals surface area contributed by atoms with Gasteiger partial charge in [-0.2, -0.15) is 0 Å². The van der Waals surface area contributed by atoms with Crippen LogP contribution in [-0.4, -0.2) is 44.4 Å². The fraction of sp³-hybridized carbons (Fsp3) is 0.647. The highest BCUT2D eigenvalue weighted by Gasteiger charge is 2.27. The summed E-state index contributed by atoms with van der Waals surface area (Å²) in [5.41, 5.74) is 1.09. The van der Waals surface area contributed by atoms with Crippen LogP contribution in [0.15, 0.2) is 12.4 Å². The fourth-order valence-electron chi connectivity index (χ4n) is 2.78. The first-order valence-electron chi connectivity index (χ1n) is 8.55. The lowest BCUT2D eigenvalue weighted by Gasteiger charge is -2.33. The number of nitrogens with zero attached hydrogens (tertiary/aromatic N) is 6. The molecule has 0 spiro atoms. The first kappa shape index (κ1) is 16.8. The van der Waals surface area contributed by atoms with Gasteiger partial charge in [0, 0.05) is 31.3 Å². The van der Waals surface area contributed by atoms with Crippen molar-refractivity contribution in [2.45, 2.75) is 45.6 Å². The van der Waals surface area contributed by atoms with Crippen LogP contribution in [0.4, 0.5) is 5.82 Å². The van der Waals surface area contributed by atoms with Crippen LogP contribution in [0.2, 0.25) is 0 Å². The molecule has 1 fully saturated rings. The predicted octanol–water partition coefficient (Wildman–Crippen LogP) is 2.43. The summed E-state index contributed by atoms with van der Waals surface area (Å²) < 4.78 is 7.81. The summed E-state index contributed by atoms with van der Waals surface area (Å²) in [6, 6.07) is 2.11. The molecule has 1 atom stereocenters. The summed E-state index contributed by atoms with van der Waals surface area (Å²) in [7, 11) is 1.94. The third-order valence-corrected chi connectivity index (χ3v) is 4.28. The van der Waals surface area contributed by atoms with Crippen LogP contribution in [0.5, 0.6) is 0 Å². The van der Waals surface area contributed by atoms with Crippen molar-refractivity contribution in [2.75, 3.05) is 24.6 Å². The smallest absolute Gasteiger partial charge is 0.163 e. The number of hydrogen-bond donors (Lipinski definition) is 0. The maximum Gasteiger partial charge on any atom is 0.163 e. The Labute approximate surface area is 143 Å². The Hall–Kier alpha value is -2.02. The number of hydrogen-bond acceptors (Lipinski definition) is 6. The SMILES string of the molecule is CC(C)c1cc(N2CCOC(c3nncn3C)C2)nc(C(C)C)n1. The van der Waals surface area contributed by atoms with Crippen molar-refractivity contribution >= 4 is 5.82 Å². The molecular formula is C17H26N6O. The number of morpholine rings is 1. The molecule has 0 bridgehead atoms. The van der Waals surface area contributed by atoms with Gasteiger partial charge in [-0.3, -0.25) is 0 Å². The first-order valence-corrected chi connectivity index (χ1v) is 8.55. The van der Waals surface area contributed by atoms with Crippen molar-refractivity contribution < 1.29 is 4.74 Å². The molecule has 1 aliphatic rings. The molecule has 130 valence electrons. The largest absolute Gasteiger partial charge is 0.366 e. The summed E-state index contributed by atoms with van der Waals surface area (Å²) in [6.07, 6.45) is 1.61. The third-order valence-electron chi connectivity index (χ3n) is 4.28. The zero-order valence-corrected chi connectivity index (χ0v) is 15.1. The van der Waals surface area contributed by atoms with E-state index in [2.05, 4.69) is 48.9 Å². The Morgan fingerprint density at radius 1 is 1.17 bits per heavy atom. The summed E-state index contributed by atoms with van der Waals surface area (Å²) in [5, 5.41) is 8.15. The standard InChI is InChI=1S/C17H26N6O/c1-11(2)13-8-15(20-16(19-13)12(3)4)23-6-7-24-14(9-23)17-21-18-10-22(17)5/h8,10-12,14H,6-7,9H2,1-5H3. The molecule has 0 amide bonds. The van der Waals surface area contributed by atoms with Gasteiger partial charge in [0.2, 0.25) is 0 Å².